The third kappa shape index (κ3) is 7.11. The standard InChI is InChI=1S/C21H32ClFN2O3S2/c1-4-21(2,3)30(27,28)25-18-9-6-15(7-10-18)20(26)24-11-12-29-14-16-5-8-17(22)13-19(16)23/h5,8,13,15,18,25H,4,6-7,9-12,14H2,1-3H3,(H,24,26). The Bertz CT molecular complexity index is 826. The van der Waals surface area contributed by atoms with Gasteiger partial charge in [-0.2, -0.15) is 11.8 Å². The maximum Gasteiger partial charge on any atom is 0.223 e. The lowest BCUT2D eigenvalue weighted by Gasteiger charge is -2.31. The summed E-state index contributed by atoms with van der Waals surface area (Å²) in [6.07, 6.45) is 3.23. The number of nitrogens with one attached hydrogen (secondary N) is 2. The Kier molecular flexibility index (Phi) is 9.46. The first-order valence-electron chi connectivity index (χ1n) is 10.4. The van der Waals surface area contributed by atoms with Gasteiger partial charge in [0, 0.05) is 35.0 Å². The van der Waals surface area contributed by atoms with E-state index in [1.165, 1.54) is 6.07 Å². The molecule has 1 fully saturated rings. The Hall–Kier alpha value is -0.830. The molecule has 0 aromatic heterocycles. The fraction of sp³-hybridized carbons (Fsp3) is 0.667. The van der Waals surface area contributed by atoms with Crippen LogP contribution in [0.1, 0.15) is 58.4 Å². The molecule has 0 bridgehead atoms. The SMILES string of the molecule is CCC(C)(C)S(=O)(=O)NC1CCC(C(=O)NCCSCc2ccc(Cl)cc2F)CC1. The highest BCUT2D eigenvalue weighted by Gasteiger charge is 2.36. The second-order valence-corrected chi connectivity index (χ2v) is 12.3. The van der Waals surface area contributed by atoms with E-state index in [4.69, 9.17) is 11.6 Å². The molecule has 1 aliphatic rings. The van der Waals surface area contributed by atoms with Gasteiger partial charge in [0.2, 0.25) is 15.9 Å². The molecule has 0 unspecified atom stereocenters. The minimum absolute atomic E-state index is 0.0171. The summed E-state index contributed by atoms with van der Waals surface area (Å²) in [6.45, 7) is 5.85. The normalized spacial score (nSPS) is 20.2. The molecule has 0 atom stereocenters. The summed E-state index contributed by atoms with van der Waals surface area (Å²) < 4.78 is 40.7. The number of hydrogen-bond acceptors (Lipinski definition) is 4. The Morgan fingerprint density at radius 1 is 1.27 bits per heavy atom. The fourth-order valence-electron chi connectivity index (χ4n) is 3.25. The Morgan fingerprint density at radius 2 is 1.93 bits per heavy atom. The van der Waals surface area contributed by atoms with Gasteiger partial charge >= 0.3 is 0 Å². The van der Waals surface area contributed by atoms with Crippen molar-refractivity contribution in [3.05, 3.63) is 34.6 Å². The molecule has 30 heavy (non-hydrogen) atoms. The molecular formula is C21H32ClFN2O3S2. The summed E-state index contributed by atoms with van der Waals surface area (Å²) in [4.78, 5) is 12.4. The number of hydrogen-bond donors (Lipinski definition) is 2. The van der Waals surface area contributed by atoms with Crippen molar-refractivity contribution >= 4 is 39.3 Å². The van der Waals surface area contributed by atoms with Crippen LogP contribution in [0.25, 0.3) is 0 Å². The van der Waals surface area contributed by atoms with Gasteiger partial charge in [-0.15, -0.1) is 0 Å². The van der Waals surface area contributed by atoms with Crippen molar-refractivity contribution in [3.63, 3.8) is 0 Å². The van der Waals surface area contributed by atoms with Crippen LogP contribution in [0.5, 0.6) is 0 Å². The summed E-state index contributed by atoms with van der Waals surface area (Å²) in [5, 5.41) is 3.33. The number of rotatable bonds is 10. The molecule has 2 rings (SSSR count). The van der Waals surface area contributed by atoms with Crippen molar-refractivity contribution < 1.29 is 17.6 Å². The van der Waals surface area contributed by atoms with Crippen LogP contribution in [0.3, 0.4) is 0 Å². The van der Waals surface area contributed by atoms with Gasteiger partial charge < -0.3 is 5.32 Å². The van der Waals surface area contributed by atoms with Gasteiger partial charge in [-0.25, -0.2) is 17.5 Å². The van der Waals surface area contributed by atoms with E-state index in [1.807, 2.05) is 6.92 Å². The van der Waals surface area contributed by atoms with Crippen LogP contribution in [-0.2, 0) is 20.6 Å². The zero-order valence-corrected chi connectivity index (χ0v) is 20.2. The molecule has 170 valence electrons. The molecule has 0 radical (unpaired) electrons. The van der Waals surface area contributed by atoms with Crippen LogP contribution in [0.15, 0.2) is 18.2 Å². The van der Waals surface area contributed by atoms with Crippen LogP contribution in [0.2, 0.25) is 5.02 Å². The van der Waals surface area contributed by atoms with Gasteiger partial charge in [-0.05, 0) is 63.6 Å². The van der Waals surface area contributed by atoms with E-state index in [0.29, 0.717) is 60.7 Å². The van der Waals surface area contributed by atoms with Crippen molar-refractivity contribution in [2.24, 2.45) is 5.92 Å². The maximum atomic E-state index is 13.7. The van der Waals surface area contributed by atoms with Crippen LogP contribution >= 0.6 is 23.4 Å². The minimum atomic E-state index is -3.38. The van der Waals surface area contributed by atoms with Gasteiger partial charge in [0.15, 0.2) is 0 Å². The molecule has 1 saturated carbocycles. The number of halogens is 2. The summed E-state index contributed by atoms with van der Waals surface area (Å²) >= 11 is 7.30. The van der Waals surface area contributed by atoms with Crippen molar-refractivity contribution in [1.29, 1.82) is 0 Å². The predicted octanol–water partition coefficient (Wildman–Crippen LogP) is 4.50. The Morgan fingerprint density at radius 3 is 2.53 bits per heavy atom. The van der Waals surface area contributed by atoms with E-state index in [1.54, 1.807) is 37.7 Å². The smallest absolute Gasteiger partial charge is 0.223 e. The lowest BCUT2D eigenvalue weighted by molar-refractivity contribution is -0.125. The highest BCUT2D eigenvalue weighted by molar-refractivity contribution is 7.98. The van der Waals surface area contributed by atoms with Gasteiger partial charge in [0.05, 0.1) is 4.75 Å². The Labute approximate surface area is 189 Å². The molecule has 2 N–H and O–H groups in total. The second kappa shape index (κ2) is 11.2. The van der Waals surface area contributed by atoms with Crippen LogP contribution < -0.4 is 10.0 Å². The van der Waals surface area contributed by atoms with Crippen molar-refractivity contribution in [2.45, 2.75) is 69.4 Å². The quantitative estimate of drug-likeness (QED) is 0.485. The highest BCUT2D eigenvalue weighted by atomic mass is 35.5. The minimum Gasteiger partial charge on any atom is -0.355 e. The van der Waals surface area contributed by atoms with Crippen molar-refractivity contribution in [1.82, 2.24) is 10.0 Å². The molecule has 1 aromatic rings. The number of thioether (sulfide) groups is 1. The third-order valence-electron chi connectivity index (χ3n) is 5.82. The first-order chi connectivity index (χ1) is 14.1. The molecule has 1 aromatic carbocycles. The van der Waals surface area contributed by atoms with E-state index in [-0.39, 0.29) is 23.7 Å². The van der Waals surface area contributed by atoms with Gasteiger partial charge in [-0.3, -0.25) is 4.79 Å². The zero-order valence-electron chi connectivity index (χ0n) is 17.8. The first-order valence-corrected chi connectivity index (χ1v) is 13.4. The van der Waals surface area contributed by atoms with E-state index in [0.717, 1.165) is 0 Å². The lowest BCUT2D eigenvalue weighted by Crippen LogP contribution is -2.47. The van der Waals surface area contributed by atoms with Gasteiger partial charge in [0.1, 0.15) is 5.82 Å². The van der Waals surface area contributed by atoms with E-state index < -0.39 is 14.8 Å². The van der Waals surface area contributed by atoms with Gasteiger partial charge in [0.25, 0.3) is 0 Å². The molecule has 1 amide bonds. The third-order valence-corrected chi connectivity index (χ3v) is 9.45. The molecule has 0 heterocycles. The summed E-state index contributed by atoms with van der Waals surface area (Å²) in [5.41, 5.74) is 0.600. The molecule has 0 spiro atoms. The number of carbonyl (C=O) groups excluding carboxylic acids is 1. The molecule has 1 aliphatic carbocycles. The predicted molar refractivity (Wildman–Crippen MR) is 123 cm³/mol. The molecule has 5 nitrogen and oxygen atoms in total. The summed E-state index contributed by atoms with van der Waals surface area (Å²) in [6, 6.07) is 4.55. The monoisotopic (exact) mass is 478 g/mol. The number of benzene rings is 1. The van der Waals surface area contributed by atoms with Crippen molar-refractivity contribution in [2.75, 3.05) is 12.3 Å². The average Bonchev–Trinajstić information content (AvgIpc) is 2.69. The van der Waals surface area contributed by atoms with Crippen LogP contribution in [0, 0.1) is 11.7 Å². The molecular weight excluding hydrogens is 447 g/mol. The maximum absolute atomic E-state index is 13.7. The fourth-order valence-corrected chi connectivity index (χ4v) is 5.63. The zero-order chi connectivity index (χ0) is 22.4. The number of amides is 1. The molecule has 0 aliphatic heterocycles. The van der Waals surface area contributed by atoms with Crippen LogP contribution in [0.4, 0.5) is 4.39 Å². The largest absolute Gasteiger partial charge is 0.355 e. The van der Waals surface area contributed by atoms with E-state index in [9.17, 15) is 17.6 Å². The topological polar surface area (TPSA) is 75.3 Å². The number of carbonyl (C=O) groups is 1. The second-order valence-electron chi connectivity index (χ2n) is 8.36. The summed E-state index contributed by atoms with van der Waals surface area (Å²) in [5.74, 6) is 0.841. The summed E-state index contributed by atoms with van der Waals surface area (Å²) in [7, 11) is -3.38. The average molecular weight is 479 g/mol. The van der Waals surface area contributed by atoms with Gasteiger partial charge in [-0.1, -0.05) is 24.6 Å². The number of sulfonamides is 1. The molecule has 0 saturated heterocycles. The molecule has 9 heteroatoms. The lowest BCUT2D eigenvalue weighted by atomic mass is 9.86. The van der Waals surface area contributed by atoms with Crippen molar-refractivity contribution in [3.8, 4) is 0 Å². The Balaban J connectivity index is 1.67. The van der Waals surface area contributed by atoms with E-state index in [2.05, 4.69) is 10.0 Å². The van der Waals surface area contributed by atoms with Crippen LogP contribution in [-0.4, -0.2) is 37.4 Å². The van der Waals surface area contributed by atoms with E-state index >= 15 is 0 Å². The first kappa shape index (κ1) is 25.4. The highest BCUT2D eigenvalue weighted by Crippen LogP contribution is 2.27.